The van der Waals surface area contributed by atoms with Crippen LogP contribution < -0.4 is 5.32 Å². The lowest BCUT2D eigenvalue weighted by Crippen LogP contribution is -2.48. The van der Waals surface area contributed by atoms with Crippen LogP contribution in [0, 0.1) is 0 Å². The average molecular weight is 243 g/mol. The van der Waals surface area contributed by atoms with E-state index in [1.807, 2.05) is 20.8 Å². The molecule has 100 valence electrons. The minimum absolute atomic E-state index is 0.0218. The van der Waals surface area contributed by atoms with Gasteiger partial charge in [0.05, 0.1) is 12.0 Å². The van der Waals surface area contributed by atoms with E-state index < -0.39 is 5.60 Å². The summed E-state index contributed by atoms with van der Waals surface area (Å²) < 4.78 is 10.7. The second-order valence-corrected chi connectivity index (χ2v) is 5.75. The highest BCUT2D eigenvalue weighted by Gasteiger charge is 2.36. The van der Waals surface area contributed by atoms with E-state index in [1.54, 1.807) is 7.11 Å². The molecule has 0 aromatic rings. The lowest BCUT2D eigenvalue weighted by atomic mass is 9.80. The van der Waals surface area contributed by atoms with Gasteiger partial charge >= 0.3 is 5.97 Å². The molecule has 0 aromatic carbocycles. The number of hydrogen-bond acceptors (Lipinski definition) is 4. The van der Waals surface area contributed by atoms with Crippen LogP contribution >= 0.6 is 0 Å². The maximum atomic E-state index is 11.4. The largest absolute Gasteiger partial charge is 0.460 e. The van der Waals surface area contributed by atoms with Gasteiger partial charge in [0.1, 0.15) is 5.60 Å². The third-order valence-electron chi connectivity index (χ3n) is 3.07. The highest BCUT2D eigenvalue weighted by Crippen LogP contribution is 2.34. The zero-order valence-corrected chi connectivity index (χ0v) is 11.5. The van der Waals surface area contributed by atoms with Gasteiger partial charge in [0, 0.05) is 20.2 Å². The lowest BCUT2D eigenvalue weighted by Gasteiger charge is -2.40. The number of nitrogens with one attached hydrogen (secondary N) is 1. The highest BCUT2D eigenvalue weighted by molar-refractivity contribution is 5.70. The maximum absolute atomic E-state index is 11.4. The molecule has 1 rings (SSSR count). The molecule has 0 amide bonds. The molecule has 4 nitrogen and oxygen atoms in total. The quantitative estimate of drug-likeness (QED) is 0.571. The van der Waals surface area contributed by atoms with Crippen molar-refractivity contribution in [2.75, 3.05) is 20.2 Å². The van der Waals surface area contributed by atoms with Crippen molar-refractivity contribution in [2.45, 2.75) is 57.7 Å². The fourth-order valence-corrected chi connectivity index (χ4v) is 1.92. The zero-order chi connectivity index (χ0) is 12.9. The standard InChI is InChI=1S/C13H25NO3/c1-12(2,3)17-11(15)6-9-14-10-13(16-4)7-5-8-13/h14H,5-10H2,1-4H3. The van der Waals surface area contributed by atoms with E-state index in [0.717, 1.165) is 19.4 Å². The van der Waals surface area contributed by atoms with Crippen LogP contribution in [0.1, 0.15) is 46.5 Å². The summed E-state index contributed by atoms with van der Waals surface area (Å²) in [5.74, 6) is -0.148. The molecule has 0 unspecified atom stereocenters. The van der Waals surface area contributed by atoms with E-state index in [2.05, 4.69) is 5.32 Å². The molecule has 1 aliphatic rings. The number of carbonyl (C=O) groups excluding carboxylic acids is 1. The van der Waals surface area contributed by atoms with Crippen LogP contribution in [0.3, 0.4) is 0 Å². The van der Waals surface area contributed by atoms with E-state index >= 15 is 0 Å². The van der Waals surface area contributed by atoms with Crippen LogP contribution in [0.4, 0.5) is 0 Å². The van der Waals surface area contributed by atoms with Crippen molar-refractivity contribution in [2.24, 2.45) is 0 Å². The van der Waals surface area contributed by atoms with Gasteiger partial charge in [0.15, 0.2) is 0 Å². The molecule has 1 saturated carbocycles. The second kappa shape index (κ2) is 5.83. The number of esters is 1. The Labute approximate surface area is 104 Å². The Hall–Kier alpha value is -0.610. The first-order valence-electron chi connectivity index (χ1n) is 6.35. The van der Waals surface area contributed by atoms with E-state index in [0.29, 0.717) is 13.0 Å². The van der Waals surface area contributed by atoms with Crippen LogP contribution in [0.25, 0.3) is 0 Å². The van der Waals surface area contributed by atoms with Gasteiger partial charge in [-0.3, -0.25) is 4.79 Å². The van der Waals surface area contributed by atoms with E-state index in [1.165, 1.54) is 6.42 Å². The molecule has 0 radical (unpaired) electrons. The molecular formula is C13H25NO3. The summed E-state index contributed by atoms with van der Waals surface area (Å²) in [6.07, 6.45) is 3.88. The summed E-state index contributed by atoms with van der Waals surface area (Å²) in [5, 5.41) is 3.27. The number of hydrogen-bond donors (Lipinski definition) is 1. The van der Waals surface area contributed by atoms with Gasteiger partial charge in [0.2, 0.25) is 0 Å². The maximum Gasteiger partial charge on any atom is 0.307 e. The number of ether oxygens (including phenoxy) is 2. The van der Waals surface area contributed by atoms with Crippen molar-refractivity contribution in [3.63, 3.8) is 0 Å². The van der Waals surface area contributed by atoms with E-state index in [9.17, 15) is 4.79 Å². The van der Waals surface area contributed by atoms with Crippen molar-refractivity contribution in [1.29, 1.82) is 0 Å². The predicted octanol–water partition coefficient (Wildman–Crippen LogP) is 1.88. The SMILES string of the molecule is COC1(CNCCC(=O)OC(C)(C)C)CCC1. The molecule has 1 N–H and O–H groups in total. The minimum Gasteiger partial charge on any atom is -0.460 e. The summed E-state index contributed by atoms with van der Waals surface area (Å²) >= 11 is 0. The summed E-state index contributed by atoms with van der Waals surface area (Å²) in [6.45, 7) is 7.12. The fraction of sp³-hybridized carbons (Fsp3) is 0.923. The lowest BCUT2D eigenvalue weighted by molar-refractivity contribution is -0.154. The molecule has 0 saturated heterocycles. The Balaban J connectivity index is 2.10. The van der Waals surface area contributed by atoms with Gasteiger partial charge in [-0.05, 0) is 40.0 Å². The molecule has 4 heteroatoms. The number of methoxy groups -OCH3 is 1. The Bertz CT molecular complexity index is 248. The Kier molecular flexibility index (Phi) is 4.95. The summed E-state index contributed by atoms with van der Waals surface area (Å²) in [6, 6.07) is 0. The van der Waals surface area contributed by atoms with Crippen molar-refractivity contribution >= 4 is 5.97 Å². The van der Waals surface area contributed by atoms with Crippen molar-refractivity contribution in [3.05, 3.63) is 0 Å². The Morgan fingerprint density at radius 1 is 1.35 bits per heavy atom. The molecule has 0 aromatic heterocycles. The first-order chi connectivity index (χ1) is 7.87. The van der Waals surface area contributed by atoms with Gasteiger partial charge in [-0.1, -0.05) is 0 Å². The normalized spacial score (nSPS) is 18.6. The van der Waals surface area contributed by atoms with Gasteiger partial charge in [-0.25, -0.2) is 0 Å². The van der Waals surface area contributed by atoms with Gasteiger partial charge < -0.3 is 14.8 Å². The highest BCUT2D eigenvalue weighted by atomic mass is 16.6. The van der Waals surface area contributed by atoms with Crippen molar-refractivity contribution in [3.8, 4) is 0 Å². The molecule has 0 spiro atoms. The monoisotopic (exact) mass is 243 g/mol. The van der Waals surface area contributed by atoms with Crippen LogP contribution in [0.2, 0.25) is 0 Å². The molecule has 1 fully saturated rings. The first-order valence-corrected chi connectivity index (χ1v) is 6.35. The average Bonchev–Trinajstić information content (AvgIpc) is 2.13. The second-order valence-electron chi connectivity index (χ2n) is 5.75. The summed E-state index contributed by atoms with van der Waals surface area (Å²) in [4.78, 5) is 11.4. The van der Waals surface area contributed by atoms with E-state index in [4.69, 9.17) is 9.47 Å². The van der Waals surface area contributed by atoms with Gasteiger partial charge in [-0.2, -0.15) is 0 Å². The summed E-state index contributed by atoms with van der Waals surface area (Å²) in [5.41, 5.74) is -0.368. The van der Waals surface area contributed by atoms with Crippen LogP contribution in [-0.4, -0.2) is 37.4 Å². The third-order valence-corrected chi connectivity index (χ3v) is 3.07. The third kappa shape index (κ3) is 5.04. The molecule has 1 aliphatic carbocycles. The summed E-state index contributed by atoms with van der Waals surface area (Å²) in [7, 11) is 1.76. The molecule has 0 aliphatic heterocycles. The zero-order valence-electron chi connectivity index (χ0n) is 11.5. The first kappa shape index (κ1) is 14.5. The Morgan fingerprint density at radius 2 is 2.00 bits per heavy atom. The van der Waals surface area contributed by atoms with Gasteiger partial charge in [0.25, 0.3) is 0 Å². The fourth-order valence-electron chi connectivity index (χ4n) is 1.92. The smallest absolute Gasteiger partial charge is 0.307 e. The van der Waals surface area contributed by atoms with Crippen molar-refractivity contribution < 1.29 is 14.3 Å². The molecular weight excluding hydrogens is 218 g/mol. The topological polar surface area (TPSA) is 47.6 Å². The van der Waals surface area contributed by atoms with Crippen LogP contribution in [0.15, 0.2) is 0 Å². The van der Waals surface area contributed by atoms with Crippen LogP contribution in [0.5, 0.6) is 0 Å². The van der Waals surface area contributed by atoms with Crippen molar-refractivity contribution in [1.82, 2.24) is 5.32 Å². The predicted molar refractivity (Wildman–Crippen MR) is 66.9 cm³/mol. The van der Waals surface area contributed by atoms with Gasteiger partial charge in [-0.15, -0.1) is 0 Å². The molecule has 0 bridgehead atoms. The van der Waals surface area contributed by atoms with Crippen LogP contribution in [-0.2, 0) is 14.3 Å². The number of carbonyl (C=O) groups is 1. The molecule has 0 atom stereocenters. The number of rotatable bonds is 6. The molecule has 0 heterocycles. The minimum atomic E-state index is -0.390. The van der Waals surface area contributed by atoms with E-state index in [-0.39, 0.29) is 11.6 Å². The Morgan fingerprint density at radius 3 is 2.41 bits per heavy atom. The molecule has 17 heavy (non-hydrogen) atoms.